The Kier molecular flexibility index (Phi) is 8.72. The van der Waals surface area contributed by atoms with Crippen LogP contribution in [0.5, 0.6) is 5.75 Å². The summed E-state index contributed by atoms with van der Waals surface area (Å²) in [6, 6.07) is 8.14. The first-order valence-electron chi connectivity index (χ1n) is 11.6. The van der Waals surface area contributed by atoms with Crippen molar-refractivity contribution in [1.29, 1.82) is 0 Å². The van der Waals surface area contributed by atoms with E-state index in [0.717, 1.165) is 18.7 Å². The van der Waals surface area contributed by atoms with Gasteiger partial charge in [0.15, 0.2) is 5.78 Å². The number of nitrogens with zero attached hydrogens (tertiary/aromatic N) is 3. The molecule has 1 amide bonds. The van der Waals surface area contributed by atoms with Gasteiger partial charge in [0.1, 0.15) is 5.75 Å². The fourth-order valence-electron chi connectivity index (χ4n) is 4.18. The third kappa shape index (κ3) is 7.21. The number of Topliss-reactive ketones (excluding diaryl/α,β-unsaturated/α-hetero) is 1. The molecule has 0 radical (unpaired) electrons. The van der Waals surface area contributed by atoms with Gasteiger partial charge in [-0.3, -0.25) is 9.69 Å². The van der Waals surface area contributed by atoms with Crippen molar-refractivity contribution >= 4 is 11.9 Å². The molecule has 1 aromatic rings. The van der Waals surface area contributed by atoms with Crippen LogP contribution in [0, 0.1) is 0 Å². The molecule has 172 valence electrons. The Hall–Kier alpha value is -2.12. The van der Waals surface area contributed by atoms with E-state index >= 15 is 0 Å². The van der Waals surface area contributed by atoms with E-state index in [2.05, 4.69) is 16.7 Å². The highest BCUT2D eigenvalue weighted by Gasteiger charge is 2.24. The van der Waals surface area contributed by atoms with Gasteiger partial charge in [-0.05, 0) is 70.8 Å². The highest BCUT2D eigenvalue weighted by Crippen LogP contribution is 2.17. The van der Waals surface area contributed by atoms with E-state index < -0.39 is 0 Å². The predicted molar refractivity (Wildman–Crippen MR) is 121 cm³/mol. The summed E-state index contributed by atoms with van der Waals surface area (Å²) in [6.07, 6.45) is 3.23. The zero-order valence-corrected chi connectivity index (χ0v) is 19.2. The topological polar surface area (TPSA) is 62.3 Å². The molecule has 0 saturated carbocycles. The molecule has 2 heterocycles. The van der Waals surface area contributed by atoms with Gasteiger partial charge >= 0.3 is 6.09 Å². The summed E-state index contributed by atoms with van der Waals surface area (Å²) in [5.41, 5.74) is 0.694. The highest BCUT2D eigenvalue weighted by molar-refractivity contribution is 5.97. The highest BCUT2D eigenvalue weighted by atomic mass is 16.6. The molecule has 3 rings (SSSR count). The quantitative estimate of drug-likeness (QED) is 0.442. The lowest BCUT2D eigenvalue weighted by atomic mass is 10.1. The third-order valence-corrected chi connectivity index (χ3v) is 6.06. The van der Waals surface area contributed by atoms with Gasteiger partial charge in [0.25, 0.3) is 0 Å². The van der Waals surface area contributed by atoms with E-state index in [0.29, 0.717) is 50.9 Å². The Morgan fingerprint density at radius 3 is 2.39 bits per heavy atom. The summed E-state index contributed by atoms with van der Waals surface area (Å²) < 4.78 is 11.1. The van der Waals surface area contributed by atoms with Gasteiger partial charge in [-0.1, -0.05) is 0 Å². The van der Waals surface area contributed by atoms with Crippen LogP contribution in [0.3, 0.4) is 0 Å². The minimum absolute atomic E-state index is 0.0905. The van der Waals surface area contributed by atoms with Crippen molar-refractivity contribution in [3.63, 3.8) is 0 Å². The standard InChI is InChI=1S/C24H37N3O4/c1-19(2)31-24(29)27-15-13-25(14-16-27)18-23(28)21-7-9-22(10-8-21)30-17-5-12-26-11-4-6-20(26)3/h7-10,19-20H,4-6,11-18H2,1-3H3/t20-/m1/s1. The molecule has 7 nitrogen and oxygen atoms in total. The maximum absolute atomic E-state index is 12.6. The maximum Gasteiger partial charge on any atom is 0.410 e. The molecule has 2 fully saturated rings. The molecule has 7 heteroatoms. The number of ether oxygens (including phenoxy) is 2. The summed E-state index contributed by atoms with van der Waals surface area (Å²) >= 11 is 0. The van der Waals surface area contributed by atoms with Crippen LogP contribution < -0.4 is 4.74 Å². The summed E-state index contributed by atoms with van der Waals surface area (Å²) in [7, 11) is 0. The maximum atomic E-state index is 12.6. The average molecular weight is 432 g/mol. The molecule has 1 aromatic carbocycles. The monoisotopic (exact) mass is 431 g/mol. The van der Waals surface area contributed by atoms with E-state index in [4.69, 9.17) is 9.47 Å². The fraction of sp³-hybridized carbons (Fsp3) is 0.667. The summed E-state index contributed by atoms with van der Waals surface area (Å²) in [4.78, 5) is 30.9. The number of benzene rings is 1. The van der Waals surface area contributed by atoms with Gasteiger partial charge in [0.2, 0.25) is 0 Å². The molecule has 0 bridgehead atoms. The zero-order valence-electron chi connectivity index (χ0n) is 19.2. The van der Waals surface area contributed by atoms with Crippen molar-refractivity contribution < 1.29 is 19.1 Å². The number of rotatable bonds is 9. The zero-order chi connectivity index (χ0) is 22.2. The van der Waals surface area contributed by atoms with Gasteiger partial charge in [-0.25, -0.2) is 4.79 Å². The van der Waals surface area contributed by atoms with Gasteiger partial charge < -0.3 is 19.3 Å². The van der Waals surface area contributed by atoms with Crippen LogP contribution in [0.2, 0.25) is 0 Å². The minimum atomic E-state index is -0.272. The number of carbonyl (C=O) groups is 2. The van der Waals surface area contributed by atoms with Gasteiger partial charge in [0.05, 0.1) is 19.3 Å². The second-order valence-electron chi connectivity index (χ2n) is 8.87. The Balaban J connectivity index is 1.36. The van der Waals surface area contributed by atoms with Gasteiger partial charge in [0, 0.05) is 44.3 Å². The molecule has 0 aromatic heterocycles. The van der Waals surface area contributed by atoms with Gasteiger partial charge in [-0.15, -0.1) is 0 Å². The van der Waals surface area contributed by atoms with Crippen LogP contribution in [0.1, 0.15) is 50.4 Å². The average Bonchev–Trinajstić information content (AvgIpc) is 3.16. The molecule has 1 atom stereocenters. The lowest BCUT2D eigenvalue weighted by Crippen LogP contribution is -2.50. The molecule has 0 N–H and O–H groups in total. The van der Waals surface area contributed by atoms with Crippen molar-refractivity contribution in [1.82, 2.24) is 14.7 Å². The summed E-state index contributed by atoms with van der Waals surface area (Å²) in [6.45, 7) is 11.9. The molecule has 31 heavy (non-hydrogen) atoms. The number of hydrogen-bond donors (Lipinski definition) is 0. The van der Waals surface area contributed by atoms with E-state index in [1.807, 2.05) is 38.1 Å². The van der Waals surface area contributed by atoms with Crippen LogP contribution in [-0.4, -0.2) is 91.1 Å². The number of hydrogen-bond acceptors (Lipinski definition) is 6. The van der Waals surface area contributed by atoms with Crippen molar-refractivity contribution in [2.45, 2.75) is 52.2 Å². The van der Waals surface area contributed by atoms with Crippen LogP contribution in [-0.2, 0) is 4.74 Å². The number of carbonyl (C=O) groups excluding carboxylic acids is 2. The van der Waals surface area contributed by atoms with E-state index in [9.17, 15) is 9.59 Å². The van der Waals surface area contributed by atoms with Crippen molar-refractivity contribution in [2.24, 2.45) is 0 Å². The number of likely N-dealkylation sites (tertiary alicyclic amines) is 1. The van der Waals surface area contributed by atoms with Crippen LogP contribution >= 0.6 is 0 Å². The first kappa shape index (κ1) is 23.5. The fourth-order valence-corrected chi connectivity index (χ4v) is 4.18. The molecule has 2 aliphatic rings. The molecule has 2 saturated heterocycles. The number of ketones is 1. The number of piperazine rings is 1. The normalized spacial score (nSPS) is 20.3. The van der Waals surface area contributed by atoms with Crippen molar-refractivity contribution in [3.8, 4) is 5.75 Å². The largest absolute Gasteiger partial charge is 0.494 e. The SMILES string of the molecule is CC(C)OC(=O)N1CCN(CC(=O)c2ccc(OCCCN3CCC[C@H]3C)cc2)CC1. The van der Waals surface area contributed by atoms with Crippen molar-refractivity contribution in [2.75, 3.05) is 52.4 Å². The predicted octanol–water partition coefficient (Wildman–Crippen LogP) is 3.29. The second-order valence-corrected chi connectivity index (χ2v) is 8.87. The summed E-state index contributed by atoms with van der Waals surface area (Å²) in [5, 5.41) is 0. The number of amides is 1. The Morgan fingerprint density at radius 1 is 1.06 bits per heavy atom. The molecule has 0 spiro atoms. The van der Waals surface area contributed by atoms with Crippen LogP contribution in [0.15, 0.2) is 24.3 Å². The Labute approximate surface area is 186 Å². The first-order valence-corrected chi connectivity index (χ1v) is 11.6. The van der Waals surface area contributed by atoms with E-state index in [1.54, 1.807) is 4.90 Å². The minimum Gasteiger partial charge on any atom is -0.494 e. The molecule has 0 aliphatic carbocycles. The van der Waals surface area contributed by atoms with Crippen molar-refractivity contribution in [3.05, 3.63) is 29.8 Å². The smallest absolute Gasteiger partial charge is 0.410 e. The molecule has 2 aliphatic heterocycles. The molecule has 0 unspecified atom stereocenters. The van der Waals surface area contributed by atoms with E-state index in [-0.39, 0.29) is 18.0 Å². The van der Waals surface area contributed by atoms with Crippen LogP contribution in [0.4, 0.5) is 4.79 Å². The van der Waals surface area contributed by atoms with Gasteiger partial charge in [-0.2, -0.15) is 0 Å². The lowest BCUT2D eigenvalue weighted by molar-refractivity contribution is 0.0560. The van der Waals surface area contributed by atoms with E-state index in [1.165, 1.54) is 19.4 Å². The molecular weight excluding hydrogens is 394 g/mol. The molecular formula is C24H37N3O4. The lowest BCUT2D eigenvalue weighted by Gasteiger charge is -2.34. The third-order valence-electron chi connectivity index (χ3n) is 6.06. The Bertz CT molecular complexity index is 714. The second kappa shape index (κ2) is 11.5. The first-order chi connectivity index (χ1) is 14.9. The summed E-state index contributed by atoms with van der Waals surface area (Å²) in [5.74, 6) is 0.899. The van der Waals surface area contributed by atoms with Crippen LogP contribution in [0.25, 0.3) is 0 Å². The Morgan fingerprint density at radius 2 is 1.77 bits per heavy atom.